The SMILES string of the molecule is CC(C)CN(C[C@@H](O)[C@H](Cc1ccccc1)OC(N)=O)S(=O)(=O)N1CCN(C)CC1. The van der Waals surface area contributed by atoms with E-state index in [0.29, 0.717) is 26.2 Å². The van der Waals surface area contributed by atoms with Crippen molar-refractivity contribution in [3.8, 4) is 0 Å². The molecule has 170 valence electrons. The number of rotatable bonds is 10. The highest BCUT2D eigenvalue weighted by Crippen LogP contribution is 2.17. The number of likely N-dealkylation sites (N-methyl/N-ethyl adjacent to an activating group) is 1. The summed E-state index contributed by atoms with van der Waals surface area (Å²) in [4.78, 5) is 13.5. The van der Waals surface area contributed by atoms with Crippen LogP contribution in [0.25, 0.3) is 0 Å². The van der Waals surface area contributed by atoms with Crippen molar-refractivity contribution < 1.29 is 23.1 Å². The monoisotopic (exact) mass is 442 g/mol. The second-order valence-electron chi connectivity index (χ2n) is 8.15. The molecule has 0 aromatic heterocycles. The molecule has 0 radical (unpaired) electrons. The zero-order chi connectivity index (χ0) is 22.3. The first-order chi connectivity index (χ1) is 14.1. The number of piperazine rings is 1. The Morgan fingerprint density at radius 1 is 1.17 bits per heavy atom. The van der Waals surface area contributed by atoms with Crippen molar-refractivity contribution in [3.05, 3.63) is 35.9 Å². The fraction of sp³-hybridized carbons (Fsp3) is 0.650. The van der Waals surface area contributed by atoms with Gasteiger partial charge >= 0.3 is 6.09 Å². The highest BCUT2D eigenvalue weighted by Gasteiger charge is 2.35. The van der Waals surface area contributed by atoms with E-state index in [1.54, 1.807) is 0 Å². The molecule has 2 rings (SSSR count). The van der Waals surface area contributed by atoms with E-state index >= 15 is 0 Å². The Morgan fingerprint density at radius 2 is 1.77 bits per heavy atom. The van der Waals surface area contributed by atoms with Gasteiger partial charge in [-0.1, -0.05) is 44.2 Å². The molecule has 0 spiro atoms. The molecule has 2 atom stereocenters. The molecule has 0 bridgehead atoms. The van der Waals surface area contributed by atoms with Gasteiger partial charge in [0, 0.05) is 45.7 Å². The first kappa shape index (κ1) is 24.5. The number of carbonyl (C=O) groups excluding carboxylic acids is 1. The molecule has 1 aromatic rings. The van der Waals surface area contributed by atoms with E-state index in [4.69, 9.17) is 10.5 Å². The van der Waals surface area contributed by atoms with Gasteiger partial charge in [0.2, 0.25) is 0 Å². The zero-order valence-electron chi connectivity index (χ0n) is 18.0. The van der Waals surface area contributed by atoms with Crippen LogP contribution in [0, 0.1) is 5.92 Å². The fourth-order valence-electron chi connectivity index (χ4n) is 3.43. The largest absolute Gasteiger partial charge is 0.443 e. The van der Waals surface area contributed by atoms with Crippen LogP contribution in [0.2, 0.25) is 0 Å². The van der Waals surface area contributed by atoms with Gasteiger partial charge in [-0.15, -0.1) is 0 Å². The van der Waals surface area contributed by atoms with Crippen molar-refractivity contribution in [1.82, 2.24) is 13.5 Å². The lowest BCUT2D eigenvalue weighted by Crippen LogP contribution is -2.55. The van der Waals surface area contributed by atoms with Crippen molar-refractivity contribution in [2.45, 2.75) is 32.5 Å². The van der Waals surface area contributed by atoms with Crippen molar-refractivity contribution >= 4 is 16.3 Å². The first-order valence-electron chi connectivity index (χ1n) is 10.2. The summed E-state index contributed by atoms with van der Waals surface area (Å²) in [6.45, 7) is 6.00. The van der Waals surface area contributed by atoms with Crippen molar-refractivity contribution in [3.63, 3.8) is 0 Å². The average molecular weight is 443 g/mol. The maximum Gasteiger partial charge on any atom is 0.404 e. The van der Waals surface area contributed by atoms with Crippen LogP contribution in [0.4, 0.5) is 4.79 Å². The Morgan fingerprint density at radius 3 is 2.30 bits per heavy atom. The van der Waals surface area contributed by atoms with Gasteiger partial charge in [0.1, 0.15) is 12.2 Å². The minimum Gasteiger partial charge on any atom is -0.443 e. The number of aliphatic hydroxyl groups is 1. The smallest absolute Gasteiger partial charge is 0.404 e. The highest BCUT2D eigenvalue weighted by atomic mass is 32.2. The van der Waals surface area contributed by atoms with Crippen LogP contribution in [0.5, 0.6) is 0 Å². The number of nitrogens with two attached hydrogens (primary N) is 1. The Labute approximate surface area is 179 Å². The van der Waals surface area contributed by atoms with Gasteiger partial charge in [-0.05, 0) is 18.5 Å². The maximum absolute atomic E-state index is 13.3. The van der Waals surface area contributed by atoms with Crippen LogP contribution in [-0.2, 0) is 21.4 Å². The third-order valence-electron chi connectivity index (χ3n) is 5.05. The normalized spacial score (nSPS) is 18.5. The number of primary amides is 1. The van der Waals surface area contributed by atoms with Crippen LogP contribution in [0.3, 0.4) is 0 Å². The molecule has 0 saturated carbocycles. The highest BCUT2D eigenvalue weighted by molar-refractivity contribution is 7.86. The van der Waals surface area contributed by atoms with Crippen LogP contribution < -0.4 is 5.73 Å². The van der Waals surface area contributed by atoms with Gasteiger partial charge in [0.05, 0.1) is 0 Å². The number of hydrogen-bond acceptors (Lipinski definition) is 6. The number of carbonyl (C=O) groups is 1. The number of nitrogens with zero attached hydrogens (tertiary/aromatic N) is 3. The van der Waals surface area contributed by atoms with E-state index in [1.165, 1.54) is 8.61 Å². The summed E-state index contributed by atoms with van der Waals surface area (Å²) in [6, 6.07) is 9.22. The topological polar surface area (TPSA) is 116 Å². The molecule has 1 amide bonds. The lowest BCUT2D eigenvalue weighted by molar-refractivity contribution is -0.00264. The van der Waals surface area contributed by atoms with Gasteiger partial charge in [0.15, 0.2) is 0 Å². The molecule has 10 heteroatoms. The average Bonchev–Trinajstić information content (AvgIpc) is 2.67. The van der Waals surface area contributed by atoms with E-state index in [2.05, 4.69) is 4.90 Å². The molecule has 0 aliphatic carbocycles. The molecule has 1 aliphatic rings. The second kappa shape index (κ2) is 11.1. The molecular weight excluding hydrogens is 408 g/mol. The molecule has 30 heavy (non-hydrogen) atoms. The number of benzene rings is 1. The molecule has 1 aliphatic heterocycles. The predicted octanol–water partition coefficient (Wildman–Crippen LogP) is 0.504. The minimum absolute atomic E-state index is 0.0593. The van der Waals surface area contributed by atoms with E-state index in [-0.39, 0.29) is 25.4 Å². The summed E-state index contributed by atoms with van der Waals surface area (Å²) in [5, 5.41) is 10.8. The first-order valence-corrected chi connectivity index (χ1v) is 11.6. The van der Waals surface area contributed by atoms with Crippen LogP contribution >= 0.6 is 0 Å². The summed E-state index contributed by atoms with van der Waals surface area (Å²) < 4.78 is 34.4. The quantitative estimate of drug-likeness (QED) is 0.545. The molecule has 9 nitrogen and oxygen atoms in total. The summed E-state index contributed by atoms with van der Waals surface area (Å²) in [5.41, 5.74) is 6.04. The molecular formula is C20H34N4O5S. The number of hydrogen-bond donors (Lipinski definition) is 2. The van der Waals surface area contributed by atoms with Gasteiger partial charge in [-0.25, -0.2) is 4.79 Å². The van der Waals surface area contributed by atoms with Gasteiger partial charge in [-0.3, -0.25) is 0 Å². The van der Waals surface area contributed by atoms with Gasteiger partial charge < -0.3 is 20.5 Å². The lowest BCUT2D eigenvalue weighted by Gasteiger charge is -2.37. The van der Waals surface area contributed by atoms with Crippen LogP contribution in [0.15, 0.2) is 30.3 Å². The van der Waals surface area contributed by atoms with E-state index in [0.717, 1.165) is 5.56 Å². The lowest BCUT2D eigenvalue weighted by atomic mass is 10.0. The molecule has 1 heterocycles. The van der Waals surface area contributed by atoms with Crippen molar-refractivity contribution in [1.29, 1.82) is 0 Å². The van der Waals surface area contributed by atoms with Crippen molar-refractivity contribution in [2.75, 3.05) is 46.3 Å². The maximum atomic E-state index is 13.3. The van der Waals surface area contributed by atoms with Crippen LogP contribution in [-0.4, -0.2) is 91.7 Å². The Bertz CT molecular complexity index is 767. The molecule has 3 N–H and O–H groups in total. The third-order valence-corrected chi connectivity index (χ3v) is 7.02. The van der Waals surface area contributed by atoms with Gasteiger partial charge in [0.25, 0.3) is 10.2 Å². The number of amides is 1. The molecule has 0 unspecified atom stereocenters. The van der Waals surface area contributed by atoms with E-state index < -0.39 is 28.5 Å². The van der Waals surface area contributed by atoms with Crippen LogP contribution in [0.1, 0.15) is 19.4 Å². The predicted molar refractivity (Wildman–Crippen MR) is 115 cm³/mol. The third kappa shape index (κ3) is 7.21. The Kier molecular flexibility index (Phi) is 9.05. The summed E-state index contributed by atoms with van der Waals surface area (Å²) >= 11 is 0. The second-order valence-corrected chi connectivity index (χ2v) is 10.1. The number of ether oxygens (including phenoxy) is 1. The minimum atomic E-state index is -3.76. The Hall–Kier alpha value is -1.72. The zero-order valence-corrected chi connectivity index (χ0v) is 18.8. The van der Waals surface area contributed by atoms with Gasteiger partial charge in [-0.2, -0.15) is 17.0 Å². The van der Waals surface area contributed by atoms with E-state index in [1.807, 2.05) is 51.2 Å². The standard InChI is InChI=1S/C20H34N4O5S/c1-16(2)14-24(30(27,28)23-11-9-22(3)10-12-23)15-18(25)19(29-20(21)26)13-17-7-5-4-6-8-17/h4-8,16,18-19,25H,9-15H2,1-3H3,(H2,21,26)/t18-,19+/m1/s1. The summed E-state index contributed by atoms with van der Waals surface area (Å²) in [7, 11) is -1.81. The van der Waals surface area contributed by atoms with E-state index in [9.17, 15) is 18.3 Å². The molecule has 1 saturated heterocycles. The molecule has 1 fully saturated rings. The summed E-state index contributed by atoms with van der Waals surface area (Å²) in [6.07, 6.45) is -2.96. The molecule has 1 aromatic carbocycles. The Balaban J connectivity index is 2.18. The number of aliphatic hydroxyl groups excluding tert-OH is 1. The fourth-order valence-corrected chi connectivity index (χ4v) is 5.21. The summed E-state index contributed by atoms with van der Waals surface area (Å²) in [5.74, 6) is 0.0593. The van der Waals surface area contributed by atoms with Crippen molar-refractivity contribution in [2.24, 2.45) is 11.7 Å².